The fraction of sp³-hybridized carbons (Fsp3) is 0.364. The van der Waals surface area contributed by atoms with Crippen LogP contribution in [-0.4, -0.2) is 31.0 Å². The first kappa shape index (κ1) is 25.7. The summed E-state index contributed by atoms with van der Waals surface area (Å²) in [7, 11) is 1.65. The maximum Gasteiger partial charge on any atom is 0.239 e. The lowest BCUT2D eigenvalue weighted by Crippen LogP contribution is -2.48. The topological polar surface area (TPSA) is 74.8 Å². The molecule has 3 N–H and O–H groups in total. The molecule has 0 fully saturated rings. The number of hydrogen-bond donors (Lipinski definition) is 3. The number of ether oxygens (including phenoxy) is 1. The number of guanidine groups is 1. The second kappa shape index (κ2) is 12.4. The van der Waals surface area contributed by atoms with Crippen LogP contribution < -0.4 is 20.7 Å². The van der Waals surface area contributed by atoms with Gasteiger partial charge in [0.1, 0.15) is 18.2 Å². The number of nitrogens with zero attached hydrogens (tertiary/aromatic N) is 1. The number of hydrogen-bond acceptors (Lipinski definition) is 3. The van der Waals surface area contributed by atoms with Gasteiger partial charge in [0.05, 0.1) is 6.54 Å². The Balaban J connectivity index is 0.00000450. The van der Waals surface area contributed by atoms with Crippen LogP contribution in [0.25, 0.3) is 0 Å². The molecule has 0 saturated heterocycles. The standard InChI is InChI=1S/C22H29FN4O2.HI/c1-22(2,3)27-20(28)14-26-21(24-4)25-13-16-8-10-19(11-9-16)29-15-17-6-5-7-18(23)12-17;/h5-12H,13-15H2,1-4H3,(H,27,28)(H2,24,25,26);1H. The fourth-order valence-electron chi connectivity index (χ4n) is 2.53. The first-order chi connectivity index (χ1) is 13.7. The molecule has 0 heterocycles. The molecule has 0 aromatic heterocycles. The molecule has 0 saturated carbocycles. The molecule has 8 heteroatoms. The third-order valence-corrected chi connectivity index (χ3v) is 3.83. The summed E-state index contributed by atoms with van der Waals surface area (Å²) in [5, 5.41) is 9.04. The minimum atomic E-state index is -0.273. The minimum absolute atomic E-state index is 0. The molecular formula is C22H30FIN4O2. The molecule has 0 atom stereocenters. The number of halogens is 2. The first-order valence-electron chi connectivity index (χ1n) is 9.47. The summed E-state index contributed by atoms with van der Waals surface area (Å²) in [6, 6.07) is 14.0. The van der Waals surface area contributed by atoms with Crippen LogP contribution in [0.4, 0.5) is 4.39 Å². The van der Waals surface area contributed by atoms with Crippen molar-refractivity contribution in [3.63, 3.8) is 0 Å². The van der Waals surface area contributed by atoms with Crippen LogP contribution in [-0.2, 0) is 17.9 Å². The average molecular weight is 528 g/mol. The third-order valence-electron chi connectivity index (χ3n) is 3.83. The quantitative estimate of drug-likeness (QED) is 0.292. The van der Waals surface area contributed by atoms with E-state index in [1.165, 1.54) is 12.1 Å². The van der Waals surface area contributed by atoms with Crippen LogP contribution in [0.15, 0.2) is 53.5 Å². The van der Waals surface area contributed by atoms with Gasteiger partial charge in [-0.25, -0.2) is 4.39 Å². The van der Waals surface area contributed by atoms with Gasteiger partial charge < -0.3 is 20.7 Å². The van der Waals surface area contributed by atoms with E-state index in [2.05, 4.69) is 20.9 Å². The molecule has 2 aromatic rings. The molecule has 0 spiro atoms. The molecule has 0 bridgehead atoms. The van der Waals surface area contributed by atoms with Gasteiger partial charge in [0.15, 0.2) is 5.96 Å². The molecule has 2 aromatic carbocycles. The van der Waals surface area contributed by atoms with Gasteiger partial charge in [0.2, 0.25) is 5.91 Å². The van der Waals surface area contributed by atoms with Gasteiger partial charge in [-0.2, -0.15) is 0 Å². The van der Waals surface area contributed by atoms with Crippen molar-refractivity contribution in [2.24, 2.45) is 4.99 Å². The summed E-state index contributed by atoms with van der Waals surface area (Å²) < 4.78 is 18.9. The van der Waals surface area contributed by atoms with Crippen LogP contribution in [0.2, 0.25) is 0 Å². The van der Waals surface area contributed by atoms with E-state index in [-0.39, 0.29) is 47.8 Å². The normalized spacial score (nSPS) is 11.3. The van der Waals surface area contributed by atoms with E-state index >= 15 is 0 Å². The summed E-state index contributed by atoms with van der Waals surface area (Å²) in [5.41, 5.74) is 1.54. The van der Waals surface area contributed by atoms with Crippen LogP contribution in [0, 0.1) is 5.82 Å². The molecule has 1 amide bonds. The molecule has 0 aliphatic heterocycles. The van der Waals surface area contributed by atoms with Gasteiger partial charge in [0.25, 0.3) is 0 Å². The monoisotopic (exact) mass is 528 g/mol. The summed E-state index contributed by atoms with van der Waals surface area (Å²) in [6.07, 6.45) is 0. The van der Waals surface area contributed by atoms with Crippen LogP contribution >= 0.6 is 24.0 Å². The predicted molar refractivity (Wildman–Crippen MR) is 129 cm³/mol. The molecule has 2 rings (SSSR count). The van der Waals surface area contributed by atoms with E-state index in [0.29, 0.717) is 24.9 Å². The van der Waals surface area contributed by atoms with Crippen LogP contribution in [0.1, 0.15) is 31.9 Å². The number of benzene rings is 2. The fourth-order valence-corrected chi connectivity index (χ4v) is 2.53. The van der Waals surface area contributed by atoms with Crippen molar-refractivity contribution in [1.29, 1.82) is 0 Å². The smallest absolute Gasteiger partial charge is 0.239 e. The van der Waals surface area contributed by atoms with Gasteiger partial charge in [-0.3, -0.25) is 9.79 Å². The zero-order valence-corrected chi connectivity index (χ0v) is 20.1. The van der Waals surface area contributed by atoms with Crippen molar-refractivity contribution in [2.75, 3.05) is 13.6 Å². The summed E-state index contributed by atoms with van der Waals surface area (Å²) in [6.45, 7) is 6.80. The highest BCUT2D eigenvalue weighted by Crippen LogP contribution is 2.14. The lowest BCUT2D eigenvalue weighted by Gasteiger charge is -2.21. The zero-order valence-electron chi connectivity index (χ0n) is 17.8. The van der Waals surface area contributed by atoms with E-state index in [1.54, 1.807) is 13.1 Å². The van der Waals surface area contributed by atoms with Gasteiger partial charge in [-0.1, -0.05) is 24.3 Å². The molecule has 0 aliphatic rings. The van der Waals surface area contributed by atoms with Gasteiger partial charge in [0, 0.05) is 19.1 Å². The van der Waals surface area contributed by atoms with Gasteiger partial charge in [-0.05, 0) is 56.2 Å². The Bertz CT molecular complexity index is 836. The van der Waals surface area contributed by atoms with E-state index in [0.717, 1.165) is 11.1 Å². The second-order valence-electron chi connectivity index (χ2n) is 7.64. The number of aliphatic imine (C=N–C) groups is 1. The first-order valence-corrected chi connectivity index (χ1v) is 9.47. The van der Waals surface area contributed by atoms with Crippen molar-refractivity contribution in [2.45, 2.75) is 39.5 Å². The Morgan fingerprint density at radius 1 is 1.07 bits per heavy atom. The Morgan fingerprint density at radius 2 is 1.77 bits per heavy atom. The highest BCUT2D eigenvalue weighted by atomic mass is 127. The average Bonchev–Trinajstić information content (AvgIpc) is 2.66. The Labute approximate surface area is 194 Å². The van der Waals surface area contributed by atoms with Crippen LogP contribution in [0.3, 0.4) is 0 Å². The van der Waals surface area contributed by atoms with Crippen molar-refractivity contribution < 1.29 is 13.9 Å². The number of rotatable bonds is 7. The van der Waals surface area contributed by atoms with E-state index in [1.807, 2.05) is 51.1 Å². The Hall–Kier alpha value is -2.36. The molecule has 30 heavy (non-hydrogen) atoms. The zero-order chi connectivity index (χ0) is 21.3. The molecule has 0 aliphatic carbocycles. The molecule has 0 unspecified atom stereocenters. The van der Waals surface area contributed by atoms with Crippen molar-refractivity contribution in [3.05, 3.63) is 65.5 Å². The molecule has 6 nitrogen and oxygen atoms in total. The lowest BCUT2D eigenvalue weighted by atomic mass is 10.1. The summed E-state index contributed by atoms with van der Waals surface area (Å²) >= 11 is 0. The number of carbonyl (C=O) groups excluding carboxylic acids is 1. The summed E-state index contributed by atoms with van der Waals surface area (Å²) in [4.78, 5) is 16.0. The third kappa shape index (κ3) is 9.91. The van der Waals surface area contributed by atoms with E-state index in [4.69, 9.17) is 4.74 Å². The predicted octanol–water partition coefficient (Wildman–Crippen LogP) is 3.60. The van der Waals surface area contributed by atoms with Gasteiger partial charge >= 0.3 is 0 Å². The SMILES string of the molecule is CN=C(NCC(=O)NC(C)(C)C)NCc1ccc(OCc2cccc(F)c2)cc1.I. The minimum Gasteiger partial charge on any atom is -0.489 e. The maximum atomic E-state index is 13.2. The van der Waals surface area contributed by atoms with Crippen molar-refractivity contribution in [1.82, 2.24) is 16.0 Å². The highest BCUT2D eigenvalue weighted by Gasteiger charge is 2.13. The maximum absolute atomic E-state index is 13.2. The Morgan fingerprint density at radius 3 is 2.37 bits per heavy atom. The van der Waals surface area contributed by atoms with Gasteiger partial charge in [-0.15, -0.1) is 24.0 Å². The van der Waals surface area contributed by atoms with E-state index in [9.17, 15) is 9.18 Å². The molecular weight excluding hydrogens is 498 g/mol. The summed E-state index contributed by atoms with van der Waals surface area (Å²) in [5.74, 6) is 0.880. The second-order valence-corrected chi connectivity index (χ2v) is 7.64. The lowest BCUT2D eigenvalue weighted by molar-refractivity contribution is -0.121. The largest absolute Gasteiger partial charge is 0.489 e. The number of amides is 1. The van der Waals surface area contributed by atoms with E-state index < -0.39 is 0 Å². The van der Waals surface area contributed by atoms with Crippen molar-refractivity contribution >= 4 is 35.8 Å². The highest BCUT2D eigenvalue weighted by molar-refractivity contribution is 14.0. The number of nitrogens with one attached hydrogen (secondary N) is 3. The Kier molecular flexibility index (Phi) is 10.6. The molecule has 0 radical (unpaired) electrons. The van der Waals surface area contributed by atoms with Crippen molar-refractivity contribution in [3.8, 4) is 5.75 Å². The van der Waals surface area contributed by atoms with Crippen LogP contribution in [0.5, 0.6) is 5.75 Å². The number of carbonyl (C=O) groups is 1. The molecule has 164 valence electrons.